The lowest BCUT2D eigenvalue weighted by Crippen LogP contribution is -2.42. The fourth-order valence-corrected chi connectivity index (χ4v) is 3.57. The Morgan fingerprint density at radius 1 is 1.16 bits per heavy atom. The molecule has 2 aromatic rings. The molecule has 1 fully saturated rings. The Kier molecular flexibility index (Phi) is 4.09. The first-order chi connectivity index (χ1) is 12.1. The maximum absolute atomic E-state index is 13.0. The number of nitrogens with zero attached hydrogens (tertiary/aromatic N) is 2. The lowest BCUT2D eigenvalue weighted by atomic mass is 10.1. The van der Waals surface area contributed by atoms with Gasteiger partial charge in [0.2, 0.25) is 11.8 Å². The minimum atomic E-state index is -0.363. The van der Waals surface area contributed by atoms with Gasteiger partial charge in [-0.3, -0.25) is 9.59 Å². The van der Waals surface area contributed by atoms with E-state index in [-0.39, 0.29) is 24.2 Å². The Hall–Kier alpha value is -2.53. The van der Waals surface area contributed by atoms with E-state index in [0.29, 0.717) is 30.5 Å². The van der Waals surface area contributed by atoms with Gasteiger partial charge in [-0.15, -0.1) is 0 Å². The quantitative estimate of drug-likeness (QED) is 0.830. The molecule has 0 radical (unpaired) electrons. The Morgan fingerprint density at radius 3 is 2.84 bits per heavy atom. The van der Waals surface area contributed by atoms with Crippen molar-refractivity contribution in [1.29, 1.82) is 0 Å². The van der Waals surface area contributed by atoms with Crippen LogP contribution in [0.15, 0.2) is 48.5 Å². The van der Waals surface area contributed by atoms with Gasteiger partial charge in [0.15, 0.2) is 0 Å². The number of rotatable bonds is 2. The fraction of sp³-hybridized carbons (Fsp3) is 0.263. The predicted molar refractivity (Wildman–Crippen MR) is 96.2 cm³/mol. The summed E-state index contributed by atoms with van der Waals surface area (Å²) in [5.74, 6) is 0.256. The van der Waals surface area contributed by atoms with Gasteiger partial charge in [-0.2, -0.15) is 0 Å². The first-order valence-corrected chi connectivity index (χ1v) is 8.60. The zero-order chi connectivity index (χ0) is 17.4. The molecule has 2 amide bonds. The van der Waals surface area contributed by atoms with E-state index in [4.69, 9.17) is 16.3 Å². The molecule has 4 rings (SSSR count). The molecule has 25 heavy (non-hydrogen) atoms. The van der Waals surface area contributed by atoms with E-state index in [2.05, 4.69) is 0 Å². The summed E-state index contributed by atoms with van der Waals surface area (Å²) in [6.45, 7) is 1.33. The van der Waals surface area contributed by atoms with Gasteiger partial charge in [0.25, 0.3) is 0 Å². The molecule has 2 aliphatic rings. The summed E-state index contributed by atoms with van der Waals surface area (Å²) < 4.78 is 5.61. The summed E-state index contributed by atoms with van der Waals surface area (Å²) in [5.41, 5.74) is 1.50. The van der Waals surface area contributed by atoms with E-state index in [9.17, 15) is 9.59 Å². The Labute approximate surface area is 150 Å². The van der Waals surface area contributed by atoms with Crippen molar-refractivity contribution < 1.29 is 14.3 Å². The van der Waals surface area contributed by atoms with Gasteiger partial charge >= 0.3 is 0 Å². The largest absolute Gasteiger partial charge is 0.490 e. The third-order valence-electron chi connectivity index (χ3n) is 4.59. The second kappa shape index (κ2) is 6.41. The molecule has 2 aliphatic heterocycles. The standard InChI is InChI=1S/C19H17ClN2O3/c20-14-4-3-5-15(11-14)22-12-13(10-18(22)23)19(24)21-8-9-25-17-7-2-1-6-16(17)21/h1-7,11,13H,8-10,12H2. The summed E-state index contributed by atoms with van der Waals surface area (Å²) in [7, 11) is 0. The molecule has 0 saturated carbocycles. The minimum Gasteiger partial charge on any atom is -0.490 e. The van der Waals surface area contributed by atoms with Crippen molar-refractivity contribution in [3.8, 4) is 5.75 Å². The Bertz CT molecular complexity index is 839. The van der Waals surface area contributed by atoms with Gasteiger partial charge in [-0.1, -0.05) is 29.8 Å². The normalized spacial score (nSPS) is 19.6. The van der Waals surface area contributed by atoms with Crippen LogP contribution in [0.5, 0.6) is 5.75 Å². The number of carbonyl (C=O) groups excluding carboxylic acids is 2. The van der Waals surface area contributed by atoms with Crippen LogP contribution in [0.25, 0.3) is 0 Å². The maximum atomic E-state index is 13.0. The van der Waals surface area contributed by atoms with Crippen LogP contribution in [0, 0.1) is 5.92 Å². The van der Waals surface area contributed by atoms with Gasteiger partial charge < -0.3 is 14.5 Å². The number of halogens is 1. The highest BCUT2D eigenvalue weighted by Gasteiger charge is 2.38. The fourth-order valence-electron chi connectivity index (χ4n) is 3.39. The van der Waals surface area contributed by atoms with Crippen LogP contribution in [-0.4, -0.2) is 31.5 Å². The predicted octanol–water partition coefficient (Wildman–Crippen LogP) is 3.12. The monoisotopic (exact) mass is 356 g/mol. The summed E-state index contributed by atoms with van der Waals surface area (Å²) >= 11 is 6.02. The van der Waals surface area contributed by atoms with E-state index >= 15 is 0 Å². The third-order valence-corrected chi connectivity index (χ3v) is 4.82. The number of carbonyl (C=O) groups is 2. The summed E-state index contributed by atoms with van der Waals surface area (Å²) in [6, 6.07) is 14.6. The summed E-state index contributed by atoms with van der Waals surface area (Å²) in [5, 5.41) is 0.571. The molecule has 0 N–H and O–H groups in total. The number of anilines is 2. The van der Waals surface area contributed by atoms with Crippen molar-refractivity contribution in [2.75, 3.05) is 29.5 Å². The van der Waals surface area contributed by atoms with E-state index < -0.39 is 0 Å². The van der Waals surface area contributed by atoms with Crippen LogP contribution in [0.3, 0.4) is 0 Å². The second-order valence-electron chi connectivity index (χ2n) is 6.19. The van der Waals surface area contributed by atoms with Gasteiger partial charge in [-0.25, -0.2) is 0 Å². The number of para-hydroxylation sites is 2. The number of amides is 2. The van der Waals surface area contributed by atoms with Crippen LogP contribution in [0.1, 0.15) is 6.42 Å². The van der Waals surface area contributed by atoms with E-state index in [1.807, 2.05) is 30.3 Å². The third kappa shape index (κ3) is 2.96. The average molecular weight is 357 g/mol. The lowest BCUT2D eigenvalue weighted by Gasteiger charge is -2.31. The van der Waals surface area contributed by atoms with Crippen molar-refractivity contribution >= 4 is 34.8 Å². The molecule has 5 nitrogen and oxygen atoms in total. The van der Waals surface area contributed by atoms with Crippen LogP contribution in [0.4, 0.5) is 11.4 Å². The molecule has 128 valence electrons. The first kappa shape index (κ1) is 16.0. The first-order valence-electron chi connectivity index (χ1n) is 8.22. The van der Waals surface area contributed by atoms with Gasteiger partial charge in [-0.05, 0) is 30.3 Å². The van der Waals surface area contributed by atoms with Crippen molar-refractivity contribution in [2.24, 2.45) is 5.92 Å². The number of benzene rings is 2. The highest BCUT2D eigenvalue weighted by Crippen LogP contribution is 2.34. The second-order valence-corrected chi connectivity index (χ2v) is 6.63. The van der Waals surface area contributed by atoms with Crippen LogP contribution >= 0.6 is 11.6 Å². The molecule has 2 aromatic carbocycles. The Balaban J connectivity index is 1.56. The number of hydrogen-bond acceptors (Lipinski definition) is 3. The number of ether oxygens (including phenoxy) is 1. The van der Waals surface area contributed by atoms with Crippen LogP contribution < -0.4 is 14.5 Å². The molecular formula is C19H17ClN2O3. The van der Waals surface area contributed by atoms with Crippen molar-refractivity contribution in [3.05, 3.63) is 53.6 Å². The van der Waals surface area contributed by atoms with E-state index in [1.54, 1.807) is 28.0 Å². The van der Waals surface area contributed by atoms with E-state index in [1.165, 1.54) is 0 Å². The van der Waals surface area contributed by atoms with E-state index in [0.717, 1.165) is 11.4 Å². The van der Waals surface area contributed by atoms with Gasteiger partial charge in [0, 0.05) is 23.7 Å². The molecule has 1 saturated heterocycles. The molecule has 6 heteroatoms. The molecule has 1 atom stereocenters. The molecule has 1 unspecified atom stereocenters. The molecule has 0 aliphatic carbocycles. The zero-order valence-electron chi connectivity index (χ0n) is 13.5. The number of fused-ring (bicyclic) bond motifs is 1. The average Bonchev–Trinajstić information content (AvgIpc) is 3.02. The van der Waals surface area contributed by atoms with Gasteiger partial charge in [0.1, 0.15) is 12.4 Å². The number of hydrogen-bond donors (Lipinski definition) is 0. The molecule has 0 aromatic heterocycles. The molecule has 0 bridgehead atoms. The van der Waals surface area contributed by atoms with Crippen molar-refractivity contribution in [2.45, 2.75) is 6.42 Å². The topological polar surface area (TPSA) is 49.9 Å². The smallest absolute Gasteiger partial charge is 0.232 e. The SMILES string of the molecule is O=C1CC(C(=O)N2CCOc3ccccc32)CN1c1cccc(Cl)c1. The molecule has 2 heterocycles. The summed E-state index contributed by atoms with van der Waals surface area (Å²) in [6.07, 6.45) is 0.213. The highest BCUT2D eigenvalue weighted by atomic mass is 35.5. The van der Waals surface area contributed by atoms with Crippen LogP contribution in [0.2, 0.25) is 5.02 Å². The molecular weight excluding hydrogens is 340 g/mol. The zero-order valence-corrected chi connectivity index (χ0v) is 14.3. The van der Waals surface area contributed by atoms with Crippen molar-refractivity contribution in [1.82, 2.24) is 0 Å². The molecule has 0 spiro atoms. The summed E-state index contributed by atoms with van der Waals surface area (Å²) in [4.78, 5) is 28.8. The highest BCUT2D eigenvalue weighted by molar-refractivity contribution is 6.31. The van der Waals surface area contributed by atoms with Gasteiger partial charge in [0.05, 0.1) is 18.2 Å². The Morgan fingerprint density at radius 2 is 2.00 bits per heavy atom. The maximum Gasteiger partial charge on any atom is 0.232 e. The van der Waals surface area contributed by atoms with Crippen LogP contribution in [-0.2, 0) is 9.59 Å². The minimum absolute atomic E-state index is 0.0337. The van der Waals surface area contributed by atoms with Crippen molar-refractivity contribution in [3.63, 3.8) is 0 Å². The lowest BCUT2D eigenvalue weighted by molar-refractivity contribution is -0.124.